The van der Waals surface area contributed by atoms with Crippen LogP contribution in [0, 0.1) is 0 Å². The highest BCUT2D eigenvalue weighted by atomic mass is 16.4. The van der Waals surface area contributed by atoms with Gasteiger partial charge in [0.15, 0.2) is 0 Å². The van der Waals surface area contributed by atoms with E-state index in [2.05, 4.69) is 31.2 Å². The zero-order chi connectivity index (χ0) is 15.0. The molecule has 0 fully saturated rings. The van der Waals surface area contributed by atoms with Crippen LogP contribution in [0.2, 0.25) is 0 Å². The number of carbonyl (C=O) groups is 1. The highest BCUT2D eigenvalue weighted by Crippen LogP contribution is 2.32. The zero-order valence-corrected chi connectivity index (χ0v) is 12.1. The molecular weight excluding hydrogens is 262 g/mol. The minimum atomic E-state index is -0.867. The van der Waals surface area contributed by atoms with Crippen molar-refractivity contribution in [3.63, 3.8) is 0 Å². The number of nitrogens with zero attached hydrogens (tertiary/aromatic N) is 1. The highest BCUT2D eigenvalue weighted by Gasteiger charge is 2.12. The van der Waals surface area contributed by atoms with E-state index in [4.69, 9.17) is 5.11 Å². The van der Waals surface area contributed by atoms with Crippen molar-refractivity contribution in [2.24, 2.45) is 7.05 Å². The Bertz CT molecular complexity index is 813. The van der Waals surface area contributed by atoms with E-state index < -0.39 is 5.97 Å². The van der Waals surface area contributed by atoms with Crippen LogP contribution in [0.25, 0.3) is 22.0 Å². The summed E-state index contributed by atoms with van der Waals surface area (Å²) in [7, 11) is 1.97. The number of aromatic carboxylic acids is 1. The topological polar surface area (TPSA) is 42.2 Å². The molecule has 0 radical (unpaired) electrons. The van der Waals surface area contributed by atoms with Crippen LogP contribution < -0.4 is 0 Å². The van der Waals surface area contributed by atoms with Gasteiger partial charge in [-0.15, -0.1) is 0 Å². The van der Waals surface area contributed by atoms with Gasteiger partial charge in [-0.3, -0.25) is 0 Å². The summed E-state index contributed by atoms with van der Waals surface area (Å²) in [4.78, 5) is 11.0. The average molecular weight is 279 g/mol. The van der Waals surface area contributed by atoms with Gasteiger partial charge in [0.2, 0.25) is 0 Å². The minimum absolute atomic E-state index is 0.378. The summed E-state index contributed by atoms with van der Waals surface area (Å²) in [5.41, 5.74) is 5.36. The second-order valence-electron chi connectivity index (χ2n) is 5.17. The molecule has 0 bridgehead atoms. The molecule has 2 aliphatic carbocycles. The fraction of sp³-hybridized carbons (Fsp3) is 0.167. The molecule has 3 nitrogen and oxygen atoms in total. The molecule has 21 heavy (non-hydrogen) atoms. The van der Waals surface area contributed by atoms with E-state index >= 15 is 0 Å². The maximum Gasteiger partial charge on any atom is 0.336 e. The lowest BCUT2D eigenvalue weighted by Gasteiger charge is -2.00. The second-order valence-corrected chi connectivity index (χ2v) is 5.17. The standard InChI is InChI=1S/C12H13NO2.C6H4/c1-3-8-7-10-9(12(14)15)5-4-6-11(10)13(8)2;1-2-5-4-6(5)3-1/h4-7H,3H2,1-2H3,(H,14,15);1-4H. The Hall–Kier alpha value is -2.55. The molecule has 0 saturated heterocycles. The van der Waals surface area contributed by atoms with Crippen LogP contribution in [0.3, 0.4) is 0 Å². The number of aromatic nitrogens is 1. The maximum atomic E-state index is 11.0. The molecule has 0 saturated carbocycles. The number of rotatable bonds is 2. The zero-order valence-electron chi connectivity index (χ0n) is 12.1. The van der Waals surface area contributed by atoms with E-state index in [1.165, 1.54) is 11.1 Å². The predicted octanol–water partition coefficient (Wildman–Crippen LogP) is 4.11. The highest BCUT2D eigenvalue weighted by molar-refractivity contribution is 6.03. The van der Waals surface area contributed by atoms with E-state index in [-0.39, 0.29) is 0 Å². The third kappa shape index (κ3) is 2.42. The number of fused-ring (bicyclic) bond motifs is 2. The van der Waals surface area contributed by atoms with Crippen molar-refractivity contribution in [2.45, 2.75) is 13.3 Å². The van der Waals surface area contributed by atoms with Crippen LogP contribution in [0.5, 0.6) is 0 Å². The molecule has 0 amide bonds. The van der Waals surface area contributed by atoms with Crippen LogP contribution in [0.15, 0.2) is 48.5 Å². The maximum absolute atomic E-state index is 11.0. The van der Waals surface area contributed by atoms with Crippen molar-refractivity contribution in [1.29, 1.82) is 0 Å². The third-order valence-electron chi connectivity index (χ3n) is 3.89. The van der Waals surface area contributed by atoms with Crippen molar-refractivity contribution in [3.05, 3.63) is 59.8 Å². The van der Waals surface area contributed by atoms with Crippen molar-refractivity contribution >= 4 is 16.9 Å². The summed E-state index contributed by atoms with van der Waals surface area (Å²) in [6.07, 6.45) is 0.907. The van der Waals surface area contributed by atoms with E-state index in [9.17, 15) is 4.79 Å². The quantitative estimate of drug-likeness (QED) is 0.600. The van der Waals surface area contributed by atoms with Gasteiger partial charge in [0.05, 0.1) is 5.56 Å². The minimum Gasteiger partial charge on any atom is -0.478 e. The van der Waals surface area contributed by atoms with Crippen molar-refractivity contribution in [3.8, 4) is 11.1 Å². The molecule has 0 atom stereocenters. The Labute approximate surface area is 123 Å². The van der Waals surface area contributed by atoms with Gasteiger partial charge in [-0.2, -0.15) is 0 Å². The molecule has 0 aliphatic heterocycles. The summed E-state index contributed by atoms with van der Waals surface area (Å²) >= 11 is 0. The monoisotopic (exact) mass is 279 g/mol. The van der Waals surface area contributed by atoms with Crippen molar-refractivity contribution in [2.75, 3.05) is 0 Å². The first kappa shape index (κ1) is 13.4. The SMILES string of the molecule is CCc1cc2c(C(=O)O)cccc2n1C.c1cc2cc-2c1. The number of hydrogen-bond acceptors (Lipinski definition) is 1. The smallest absolute Gasteiger partial charge is 0.336 e. The molecule has 1 aromatic carbocycles. The van der Waals surface area contributed by atoms with Gasteiger partial charge in [-0.05, 0) is 41.8 Å². The molecule has 0 unspecified atom stereocenters. The van der Waals surface area contributed by atoms with E-state index in [1.807, 2.05) is 23.7 Å². The van der Waals surface area contributed by atoms with Crippen LogP contribution >= 0.6 is 0 Å². The lowest BCUT2D eigenvalue weighted by atomic mass is 10.1. The number of aryl methyl sites for hydroxylation is 2. The van der Waals surface area contributed by atoms with Crippen LogP contribution in [-0.4, -0.2) is 15.6 Å². The third-order valence-corrected chi connectivity index (χ3v) is 3.89. The summed E-state index contributed by atoms with van der Waals surface area (Å²) in [6.45, 7) is 2.06. The van der Waals surface area contributed by atoms with Gasteiger partial charge in [-0.1, -0.05) is 31.2 Å². The molecule has 1 aromatic heterocycles. The Kier molecular flexibility index (Phi) is 3.26. The van der Waals surface area contributed by atoms with E-state index in [0.717, 1.165) is 23.0 Å². The summed E-state index contributed by atoms with van der Waals surface area (Å²) in [5, 5.41) is 9.87. The van der Waals surface area contributed by atoms with Crippen LogP contribution in [0.4, 0.5) is 0 Å². The Morgan fingerprint density at radius 3 is 2.24 bits per heavy atom. The average Bonchev–Trinajstić information content (AvgIpc) is 2.94. The summed E-state index contributed by atoms with van der Waals surface area (Å²) in [6, 6.07) is 15.8. The first-order valence-corrected chi connectivity index (χ1v) is 7.03. The van der Waals surface area contributed by atoms with Crippen LogP contribution in [-0.2, 0) is 13.5 Å². The molecule has 4 rings (SSSR count). The van der Waals surface area contributed by atoms with Crippen molar-refractivity contribution in [1.82, 2.24) is 4.57 Å². The van der Waals surface area contributed by atoms with Gasteiger partial charge in [0, 0.05) is 23.6 Å². The molecule has 2 aliphatic rings. The fourth-order valence-electron chi connectivity index (χ4n) is 2.62. The second kappa shape index (κ2) is 5.09. The number of benzene rings is 2. The predicted molar refractivity (Wildman–Crippen MR) is 84.7 cm³/mol. The molecule has 1 heterocycles. The number of carboxylic acid groups (broad SMARTS) is 1. The Morgan fingerprint density at radius 2 is 1.76 bits per heavy atom. The van der Waals surface area contributed by atoms with Gasteiger partial charge in [0.1, 0.15) is 0 Å². The largest absolute Gasteiger partial charge is 0.478 e. The Balaban J connectivity index is 0.000000180. The van der Waals surface area contributed by atoms with E-state index in [0.29, 0.717) is 5.56 Å². The van der Waals surface area contributed by atoms with Gasteiger partial charge >= 0.3 is 5.97 Å². The van der Waals surface area contributed by atoms with Crippen LogP contribution in [0.1, 0.15) is 23.0 Å². The molecule has 1 N–H and O–H groups in total. The lowest BCUT2D eigenvalue weighted by molar-refractivity contribution is 0.0699. The number of carboxylic acids is 1. The van der Waals surface area contributed by atoms with Gasteiger partial charge in [-0.25, -0.2) is 4.79 Å². The first-order valence-electron chi connectivity index (χ1n) is 7.03. The van der Waals surface area contributed by atoms with Crippen molar-refractivity contribution < 1.29 is 9.90 Å². The molecular formula is C18H17NO2. The molecule has 3 heteroatoms. The van der Waals surface area contributed by atoms with Gasteiger partial charge in [0.25, 0.3) is 0 Å². The molecule has 106 valence electrons. The van der Waals surface area contributed by atoms with E-state index in [1.54, 1.807) is 12.1 Å². The number of hydrogen-bond donors (Lipinski definition) is 1. The first-order chi connectivity index (χ1) is 10.1. The Morgan fingerprint density at radius 1 is 1.10 bits per heavy atom. The summed E-state index contributed by atoms with van der Waals surface area (Å²) in [5.74, 6) is -0.867. The van der Waals surface area contributed by atoms with Gasteiger partial charge < -0.3 is 9.67 Å². The molecule has 0 spiro atoms. The fourth-order valence-corrected chi connectivity index (χ4v) is 2.62. The summed E-state index contributed by atoms with van der Waals surface area (Å²) < 4.78 is 2.04. The normalized spacial score (nSPS) is 11.0. The molecule has 2 aromatic rings. The lowest BCUT2D eigenvalue weighted by Crippen LogP contribution is -1.97.